The van der Waals surface area contributed by atoms with Crippen LogP contribution in [0.1, 0.15) is 50.2 Å². The summed E-state index contributed by atoms with van der Waals surface area (Å²) in [5, 5.41) is 8.83. The number of hydrogen-bond donors (Lipinski definition) is 1. The minimum Gasteiger partial charge on any atom is -0.493 e. The summed E-state index contributed by atoms with van der Waals surface area (Å²) in [5.74, 6) is 0.449. The lowest BCUT2D eigenvalue weighted by Crippen LogP contribution is -2.11. The summed E-state index contributed by atoms with van der Waals surface area (Å²) < 4.78 is 26.7. The third-order valence-electron chi connectivity index (χ3n) is 5.57. The van der Waals surface area contributed by atoms with Crippen LogP contribution in [0.3, 0.4) is 0 Å². The van der Waals surface area contributed by atoms with E-state index in [1.807, 2.05) is 6.92 Å². The minimum absolute atomic E-state index is 0.0559. The molecule has 0 unspecified atom stereocenters. The lowest BCUT2D eigenvalue weighted by atomic mass is 10.2. The number of rotatable bonds is 18. The zero-order valence-corrected chi connectivity index (χ0v) is 23.2. The Labute approximate surface area is 235 Å². The monoisotopic (exact) mass is 554 g/mol. The summed E-state index contributed by atoms with van der Waals surface area (Å²) in [7, 11) is 0. The molecule has 0 radical (unpaired) electrons. The van der Waals surface area contributed by atoms with Gasteiger partial charge in [-0.2, -0.15) is 0 Å². The molecule has 2 rings (SSSR count). The maximum Gasteiger partial charge on any atom is 0.336 e. The van der Waals surface area contributed by atoms with E-state index in [9.17, 15) is 14.4 Å². The second-order valence-electron chi connectivity index (χ2n) is 8.83. The summed E-state index contributed by atoms with van der Waals surface area (Å²) in [6.45, 7) is 7.94. The minimum atomic E-state index is -0.561. The third kappa shape index (κ3) is 12.6. The molecular weight excluding hydrogens is 516 g/mol. The fourth-order valence-electron chi connectivity index (χ4n) is 3.33. The number of aliphatic hydroxyl groups excluding tert-OH is 1. The van der Waals surface area contributed by atoms with E-state index in [0.717, 1.165) is 42.6 Å². The van der Waals surface area contributed by atoms with Crippen LogP contribution in [0.25, 0.3) is 6.08 Å². The molecule has 40 heavy (non-hydrogen) atoms. The van der Waals surface area contributed by atoms with Gasteiger partial charge in [-0.15, -0.1) is 0 Å². The number of unbranched alkanes of at least 4 members (excludes halogenated alkanes) is 3. The van der Waals surface area contributed by atoms with Crippen LogP contribution < -0.4 is 14.2 Å². The van der Waals surface area contributed by atoms with Crippen molar-refractivity contribution in [3.63, 3.8) is 0 Å². The number of esters is 3. The molecule has 2 aromatic carbocycles. The highest BCUT2D eigenvalue weighted by Gasteiger charge is 2.07. The highest BCUT2D eigenvalue weighted by molar-refractivity contribution is 5.89. The standard InChI is InChI=1S/C31H38O9/c1-4-29(33)38-20-19-36-26-12-9-25(10-13-26)11-16-30(34)40-27-14-15-28(23(2)21-27)37-17-7-5-6-8-18-39-31(35)24(3)22-32/h9-16,21,32H,3-8,17-20,22H2,1-2H3/b16-11+. The molecule has 0 atom stereocenters. The van der Waals surface area contributed by atoms with Crippen LogP contribution in [0.15, 0.2) is 60.7 Å². The van der Waals surface area contributed by atoms with Gasteiger partial charge in [0.15, 0.2) is 0 Å². The van der Waals surface area contributed by atoms with Crippen molar-refractivity contribution in [2.75, 3.05) is 33.0 Å². The predicted molar refractivity (Wildman–Crippen MR) is 150 cm³/mol. The highest BCUT2D eigenvalue weighted by Crippen LogP contribution is 2.24. The first-order chi connectivity index (χ1) is 19.3. The molecule has 0 fully saturated rings. The number of ether oxygens (including phenoxy) is 5. The van der Waals surface area contributed by atoms with E-state index in [-0.39, 0.29) is 24.8 Å². The van der Waals surface area contributed by atoms with Gasteiger partial charge in [0, 0.05) is 12.5 Å². The first kappa shape index (κ1) is 32.1. The second kappa shape index (κ2) is 18.2. The van der Waals surface area contributed by atoms with Crippen molar-refractivity contribution >= 4 is 24.0 Å². The second-order valence-corrected chi connectivity index (χ2v) is 8.83. The van der Waals surface area contributed by atoms with Crippen LogP contribution in [0.5, 0.6) is 17.2 Å². The van der Waals surface area contributed by atoms with Crippen LogP contribution in [-0.4, -0.2) is 56.0 Å². The third-order valence-corrected chi connectivity index (χ3v) is 5.57. The van der Waals surface area contributed by atoms with Crippen LogP contribution in [0, 0.1) is 6.92 Å². The number of benzene rings is 2. The molecule has 2 aromatic rings. The Kier molecular flexibility index (Phi) is 14.6. The summed E-state index contributed by atoms with van der Waals surface area (Å²) >= 11 is 0. The Morgan fingerprint density at radius 1 is 0.850 bits per heavy atom. The van der Waals surface area contributed by atoms with Gasteiger partial charge in [0.05, 0.1) is 25.4 Å². The molecule has 9 heteroatoms. The van der Waals surface area contributed by atoms with Gasteiger partial charge in [0.2, 0.25) is 0 Å². The van der Waals surface area contributed by atoms with Crippen molar-refractivity contribution in [2.24, 2.45) is 0 Å². The fraction of sp³-hybridized carbons (Fsp3) is 0.387. The Balaban J connectivity index is 1.66. The molecule has 0 aliphatic heterocycles. The number of hydrogen-bond acceptors (Lipinski definition) is 9. The Morgan fingerprint density at radius 3 is 2.23 bits per heavy atom. The van der Waals surface area contributed by atoms with E-state index in [1.54, 1.807) is 55.5 Å². The van der Waals surface area contributed by atoms with E-state index in [0.29, 0.717) is 31.1 Å². The van der Waals surface area contributed by atoms with Gasteiger partial charge < -0.3 is 28.8 Å². The maximum atomic E-state index is 12.3. The molecule has 9 nitrogen and oxygen atoms in total. The van der Waals surface area contributed by atoms with E-state index in [2.05, 4.69) is 6.58 Å². The van der Waals surface area contributed by atoms with Crippen molar-refractivity contribution in [1.29, 1.82) is 0 Å². The van der Waals surface area contributed by atoms with Gasteiger partial charge in [-0.05, 0) is 80.1 Å². The largest absolute Gasteiger partial charge is 0.493 e. The summed E-state index contributed by atoms with van der Waals surface area (Å²) in [6.07, 6.45) is 6.72. The molecule has 1 N–H and O–H groups in total. The van der Waals surface area contributed by atoms with Gasteiger partial charge >= 0.3 is 17.9 Å². The lowest BCUT2D eigenvalue weighted by Gasteiger charge is -2.11. The van der Waals surface area contributed by atoms with E-state index < -0.39 is 18.5 Å². The molecule has 216 valence electrons. The maximum absolute atomic E-state index is 12.3. The molecule has 0 heterocycles. The molecule has 0 saturated carbocycles. The smallest absolute Gasteiger partial charge is 0.336 e. The van der Waals surface area contributed by atoms with Crippen LogP contribution in [-0.2, 0) is 23.9 Å². The molecular formula is C31H38O9. The lowest BCUT2D eigenvalue weighted by molar-refractivity contribution is -0.144. The summed E-state index contributed by atoms with van der Waals surface area (Å²) in [5.41, 5.74) is 1.71. The van der Waals surface area contributed by atoms with E-state index >= 15 is 0 Å². The zero-order chi connectivity index (χ0) is 29.2. The first-order valence-corrected chi connectivity index (χ1v) is 13.3. The first-order valence-electron chi connectivity index (χ1n) is 13.3. The molecule has 0 bridgehead atoms. The molecule has 0 aliphatic rings. The van der Waals surface area contributed by atoms with Crippen LogP contribution in [0.2, 0.25) is 0 Å². The van der Waals surface area contributed by atoms with Gasteiger partial charge in [0.1, 0.15) is 30.5 Å². The van der Waals surface area contributed by atoms with Gasteiger partial charge in [-0.25, -0.2) is 9.59 Å². The van der Waals surface area contributed by atoms with Crippen molar-refractivity contribution < 1.29 is 43.2 Å². The van der Waals surface area contributed by atoms with E-state index in [4.69, 9.17) is 28.8 Å². The summed E-state index contributed by atoms with van der Waals surface area (Å²) in [4.78, 5) is 34.8. The molecule has 0 saturated heterocycles. The van der Waals surface area contributed by atoms with Crippen molar-refractivity contribution in [2.45, 2.75) is 46.0 Å². The number of aliphatic hydroxyl groups is 1. The van der Waals surface area contributed by atoms with Gasteiger partial charge in [-0.3, -0.25) is 4.79 Å². The number of aryl methyl sites for hydroxylation is 1. The van der Waals surface area contributed by atoms with Gasteiger partial charge in [-0.1, -0.05) is 25.6 Å². The zero-order valence-electron chi connectivity index (χ0n) is 23.2. The Bertz CT molecular complexity index is 1140. The highest BCUT2D eigenvalue weighted by atomic mass is 16.6. The average Bonchev–Trinajstić information content (AvgIpc) is 2.96. The SMILES string of the molecule is C=C(CO)C(=O)OCCCCCCOc1ccc(OC(=O)/C=C/c2ccc(OCCOC(=O)CC)cc2)cc1C. The summed E-state index contributed by atoms with van der Waals surface area (Å²) in [6, 6.07) is 12.4. The van der Waals surface area contributed by atoms with Crippen LogP contribution in [0.4, 0.5) is 0 Å². The van der Waals surface area contributed by atoms with E-state index in [1.165, 1.54) is 6.08 Å². The number of carbonyl (C=O) groups is 3. The predicted octanol–water partition coefficient (Wildman–Crippen LogP) is 4.98. The quantitative estimate of drug-likeness (QED) is 0.118. The van der Waals surface area contributed by atoms with Gasteiger partial charge in [0.25, 0.3) is 0 Å². The fourth-order valence-corrected chi connectivity index (χ4v) is 3.33. The van der Waals surface area contributed by atoms with Crippen molar-refractivity contribution in [3.8, 4) is 17.2 Å². The van der Waals surface area contributed by atoms with Crippen molar-refractivity contribution in [3.05, 3.63) is 71.8 Å². The Morgan fingerprint density at radius 2 is 1.55 bits per heavy atom. The van der Waals surface area contributed by atoms with Crippen molar-refractivity contribution in [1.82, 2.24) is 0 Å². The van der Waals surface area contributed by atoms with Crippen LogP contribution >= 0.6 is 0 Å². The molecule has 0 spiro atoms. The number of carbonyl (C=O) groups excluding carboxylic acids is 3. The normalized spacial score (nSPS) is 10.7. The molecule has 0 aliphatic carbocycles. The molecule has 0 aromatic heterocycles. The Hall–Kier alpha value is -4.11. The molecule has 0 amide bonds. The topological polar surface area (TPSA) is 118 Å². The average molecular weight is 555 g/mol.